The number of hydrogen-bond donors (Lipinski definition) is 1. The van der Waals surface area contributed by atoms with E-state index in [1.807, 2.05) is 12.4 Å². The Morgan fingerprint density at radius 3 is 2.73 bits per heavy atom. The topological polar surface area (TPSA) is 46.6 Å². The van der Waals surface area contributed by atoms with E-state index in [1.165, 1.54) is 22.1 Å². The van der Waals surface area contributed by atoms with Gasteiger partial charge in [-0.15, -0.1) is 0 Å². The number of fused-ring (bicyclic) bond motifs is 2. The molecule has 158 valence electrons. The molecule has 5 nitrogen and oxygen atoms in total. The second-order valence-corrected chi connectivity index (χ2v) is 7.70. The minimum absolute atomic E-state index is 0.141. The first-order chi connectivity index (χ1) is 14.7. The van der Waals surface area contributed by atoms with Gasteiger partial charge in [0.15, 0.2) is 11.5 Å². The lowest BCUT2D eigenvalue weighted by atomic mass is 9.88. The van der Waals surface area contributed by atoms with Crippen molar-refractivity contribution in [3.8, 4) is 11.5 Å². The predicted octanol–water partition coefficient (Wildman–Crippen LogP) is 4.20. The molecule has 5 heteroatoms. The first kappa shape index (κ1) is 20.6. The summed E-state index contributed by atoms with van der Waals surface area (Å²) in [7, 11) is 1.72. The highest BCUT2D eigenvalue weighted by Crippen LogP contribution is 2.38. The zero-order valence-corrected chi connectivity index (χ0v) is 18.1. The number of benzene rings is 2. The molecule has 0 bridgehead atoms. The molecule has 3 aromatic rings. The van der Waals surface area contributed by atoms with Crippen LogP contribution in [0.3, 0.4) is 0 Å². The molecule has 0 aliphatic carbocycles. The molecule has 30 heavy (non-hydrogen) atoms. The van der Waals surface area contributed by atoms with Crippen LogP contribution < -0.4 is 14.8 Å². The Morgan fingerprint density at radius 2 is 1.93 bits per heavy atom. The SMILES string of the molecule is CCN(CC)CCOc1cc2c(cc1OC)CCNC2c1ccc2cnccc2c1. The van der Waals surface area contributed by atoms with Crippen LogP contribution in [-0.2, 0) is 6.42 Å². The third kappa shape index (κ3) is 4.27. The quantitative estimate of drug-likeness (QED) is 0.609. The molecule has 0 spiro atoms. The van der Waals surface area contributed by atoms with Crippen LogP contribution in [0.1, 0.15) is 36.6 Å². The molecule has 0 saturated heterocycles. The van der Waals surface area contributed by atoms with Gasteiger partial charge in [-0.3, -0.25) is 4.98 Å². The van der Waals surface area contributed by atoms with Gasteiger partial charge in [-0.05, 0) is 65.9 Å². The number of likely N-dealkylation sites (N-methyl/N-ethyl adjacent to an activating group) is 1. The number of rotatable bonds is 8. The standard InChI is InChI=1S/C25H31N3O2/c1-4-28(5-2)12-13-30-24-16-22-19(15-23(24)29-3)9-11-27-25(22)20-6-7-21-17-26-10-8-18(21)14-20/h6-8,10,14-17,25,27H,4-5,9,11-13H2,1-3H3. The van der Waals surface area contributed by atoms with Crippen molar-refractivity contribution in [2.24, 2.45) is 0 Å². The van der Waals surface area contributed by atoms with Gasteiger partial charge in [0, 0.05) is 30.9 Å². The molecule has 0 fully saturated rings. The van der Waals surface area contributed by atoms with Crippen LogP contribution >= 0.6 is 0 Å². The van der Waals surface area contributed by atoms with Gasteiger partial charge in [-0.1, -0.05) is 26.0 Å². The summed E-state index contributed by atoms with van der Waals surface area (Å²) < 4.78 is 11.8. The zero-order chi connectivity index (χ0) is 20.9. The van der Waals surface area contributed by atoms with Crippen LogP contribution in [0, 0.1) is 0 Å². The lowest BCUT2D eigenvalue weighted by molar-refractivity contribution is 0.217. The van der Waals surface area contributed by atoms with Gasteiger partial charge in [0.05, 0.1) is 13.2 Å². The number of ether oxygens (including phenoxy) is 2. The van der Waals surface area contributed by atoms with Crippen molar-refractivity contribution in [2.75, 3.05) is 39.9 Å². The van der Waals surface area contributed by atoms with Gasteiger partial charge >= 0.3 is 0 Å². The Bertz CT molecular complexity index is 1000. The molecule has 0 saturated carbocycles. The second-order valence-electron chi connectivity index (χ2n) is 7.70. The second kappa shape index (κ2) is 9.45. The fraction of sp³-hybridized carbons (Fsp3) is 0.400. The van der Waals surface area contributed by atoms with Crippen molar-refractivity contribution < 1.29 is 9.47 Å². The number of hydrogen-bond acceptors (Lipinski definition) is 5. The summed E-state index contributed by atoms with van der Waals surface area (Å²) in [5.41, 5.74) is 3.85. The summed E-state index contributed by atoms with van der Waals surface area (Å²) in [5, 5.41) is 6.06. The third-order valence-corrected chi connectivity index (χ3v) is 6.04. The molecule has 1 aliphatic rings. The highest BCUT2D eigenvalue weighted by Gasteiger charge is 2.24. The van der Waals surface area contributed by atoms with E-state index in [0.29, 0.717) is 6.61 Å². The number of methoxy groups -OCH3 is 1. The summed E-state index contributed by atoms with van der Waals surface area (Å²) in [4.78, 5) is 6.59. The van der Waals surface area contributed by atoms with Crippen molar-refractivity contribution in [2.45, 2.75) is 26.3 Å². The summed E-state index contributed by atoms with van der Waals surface area (Å²) in [6.45, 7) is 8.93. The third-order valence-electron chi connectivity index (χ3n) is 6.04. The highest BCUT2D eigenvalue weighted by atomic mass is 16.5. The molecule has 1 atom stereocenters. The van der Waals surface area contributed by atoms with Gasteiger partial charge in [0.2, 0.25) is 0 Å². The molecular weight excluding hydrogens is 374 g/mol. The molecule has 4 rings (SSSR count). The monoisotopic (exact) mass is 405 g/mol. The van der Waals surface area contributed by atoms with Crippen LogP contribution in [-0.4, -0.2) is 49.8 Å². The Morgan fingerprint density at radius 1 is 1.07 bits per heavy atom. The fourth-order valence-electron chi connectivity index (χ4n) is 4.24. The number of nitrogens with one attached hydrogen (secondary N) is 1. The van der Waals surface area contributed by atoms with Gasteiger partial charge in [-0.25, -0.2) is 0 Å². The van der Waals surface area contributed by atoms with Gasteiger partial charge in [0.1, 0.15) is 6.61 Å². The molecule has 0 amide bonds. The van der Waals surface area contributed by atoms with E-state index >= 15 is 0 Å². The predicted molar refractivity (Wildman–Crippen MR) is 122 cm³/mol. The van der Waals surface area contributed by atoms with E-state index in [-0.39, 0.29) is 6.04 Å². The average molecular weight is 406 g/mol. The lowest BCUT2D eigenvalue weighted by Gasteiger charge is -2.29. The Hall–Kier alpha value is -2.63. The first-order valence-electron chi connectivity index (χ1n) is 10.9. The number of pyridine rings is 1. The van der Waals surface area contributed by atoms with E-state index in [4.69, 9.17) is 9.47 Å². The van der Waals surface area contributed by atoms with E-state index < -0.39 is 0 Å². The molecular formula is C25H31N3O2. The molecule has 1 unspecified atom stereocenters. The highest BCUT2D eigenvalue weighted by molar-refractivity contribution is 5.82. The van der Waals surface area contributed by atoms with Crippen molar-refractivity contribution in [3.05, 3.63) is 65.5 Å². The number of aromatic nitrogens is 1. The van der Waals surface area contributed by atoms with Crippen LogP contribution in [0.25, 0.3) is 10.8 Å². The summed E-state index contributed by atoms with van der Waals surface area (Å²) >= 11 is 0. The maximum atomic E-state index is 6.18. The largest absolute Gasteiger partial charge is 0.493 e. The van der Waals surface area contributed by atoms with E-state index in [9.17, 15) is 0 Å². The van der Waals surface area contributed by atoms with Crippen LogP contribution in [0.5, 0.6) is 11.5 Å². The molecule has 1 aliphatic heterocycles. The first-order valence-corrected chi connectivity index (χ1v) is 10.9. The Labute approximate surface area is 179 Å². The molecule has 1 aromatic heterocycles. The van der Waals surface area contributed by atoms with Crippen molar-refractivity contribution >= 4 is 10.8 Å². The van der Waals surface area contributed by atoms with Gasteiger partial charge in [-0.2, -0.15) is 0 Å². The number of nitrogens with zero attached hydrogens (tertiary/aromatic N) is 2. The maximum Gasteiger partial charge on any atom is 0.161 e. The summed E-state index contributed by atoms with van der Waals surface area (Å²) in [5.74, 6) is 1.64. The molecule has 2 heterocycles. The smallest absolute Gasteiger partial charge is 0.161 e. The normalized spacial score (nSPS) is 15.9. The summed E-state index contributed by atoms with van der Waals surface area (Å²) in [6.07, 6.45) is 4.74. The lowest BCUT2D eigenvalue weighted by Crippen LogP contribution is -2.31. The van der Waals surface area contributed by atoms with Crippen molar-refractivity contribution in [3.63, 3.8) is 0 Å². The minimum Gasteiger partial charge on any atom is -0.493 e. The zero-order valence-electron chi connectivity index (χ0n) is 18.1. The Balaban J connectivity index is 1.64. The van der Waals surface area contributed by atoms with E-state index in [0.717, 1.165) is 49.5 Å². The van der Waals surface area contributed by atoms with E-state index in [1.54, 1.807) is 7.11 Å². The average Bonchev–Trinajstić information content (AvgIpc) is 2.80. The maximum absolute atomic E-state index is 6.18. The minimum atomic E-state index is 0.141. The molecule has 1 N–H and O–H groups in total. The summed E-state index contributed by atoms with van der Waals surface area (Å²) in [6, 6.07) is 13.1. The fourth-order valence-corrected chi connectivity index (χ4v) is 4.24. The van der Waals surface area contributed by atoms with Crippen LogP contribution in [0.15, 0.2) is 48.8 Å². The van der Waals surface area contributed by atoms with Gasteiger partial charge in [0.25, 0.3) is 0 Å². The van der Waals surface area contributed by atoms with Crippen LogP contribution in [0.2, 0.25) is 0 Å². The Kier molecular flexibility index (Phi) is 6.50. The molecule has 2 aromatic carbocycles. The van der Waals surface area contributed by atoms with Crippen molar-refractivity contribution in [1.29, 1.82) is 0 Å². The van der Waals surface area contributed by atoms with E-state index in [2.05, 4.69) is 65.4 Å². The molecule has 0 radical (unpaired) electrons. The van der Waals surface area contributed by atoms with Crippen LogP contribution in [0.4, 0.5) is 0 Å². The van der Waals surface area contributed by atoms with Gasteiger partial charge < -0.3 is 19.7 Å². The van der Waals surface area contributed by atoms with Crippen molar-refractivity contribution in [1.82, 2.24) is 15.2 Å².